The lowest BCUT2D eigenvalue weighted by Gasteiger charge is -2.09. The van der Waals surface area contributed by atoms with Gasteiger partial charge in [-0.05, 0) is 38.0 Å². The number of hydrogen-bond acceptors (Lipinski definition) is 4. The molecular formula is C16H19N3O3. The standard InChI is InChI=1S/C16H19N3O3/c1-10-4-5-11(2)13(8-10)17-15(20)6-7-16(21)18-14-9-12(3)22-19-14/h4-5,8-9H,6-7H2,1-3H3,(H,17,20)(H,18,19,21). The van der Waals surface area contributed by atoms with Crippen molar-refractivity contribution in [3.63, 3.8) is 0 Å². The number of rotatable bonds is 5. The molecular weight excluding hydrogens is 282 g/mol. The van der Waals surface area contributed by atoms with E-state index in [1.54, 1.807) is 13.0 Å². The largest absolute Gasteiger partial charge is 0.360 e. The minimum atomic E-state index is -0.274. The average Bonchev–Trinajstić information content (AvgIpc) is 2.86. The molecule has 2 rings (SSSR count). The number of anilines is 2. The Hall–Kier alpha value is -2.63. The van der Waals surface area contributed by atoms with E-state index in [1.165, 1.54) is 0 Å². The summed E-state index contributed by atoms with van der Waals surface area (Å²) in [5.74, 6) is 0.505. The summed E-state index contributed by atoms with van der Waals surface area (Å²) in [6.07, 6.45) is 0.193. The second kappa shape index (κ2) is 6.89. The van der Waals surface area contributed by atoms with Crippen LogP contribution >= 0.6 is 0 Å². The van der Waals surface area contributed by atoms with E-state index in [0.29, 0.717) is 11.6 Å². The van der Waals surface area contributed by atoms with E-state index < -0.39 is 0 Å². The summed E-state index contributed by atoms with van der Waals surface area (Å²) >= 11 is 0. The first-order chi connectivity index (χ1) is 10.4. The Labute approximate surface area is 128 Å². The normalized spacial score (nSPS) is 10.3. The van der Waals surface area contributed by atoms with Gasteiger partial charge in [0.1, 0.15) is 5.76 Å². The molecule has 0 aliphatic heterocycles. The summed E-state index contributed by atoms with van der Waals surface area (Å²) in [4.78, 5) is 23.6. The minimum absolute atomic E-state index is 0.0859. The predicted molar refractivity (Wildman–Crippen MR) is 83.6 cm³/mol. The SMILES string of the molecule is Cc1ccc(C)c(NC(=O)CCC(=O)Nc2cc(C)on2)c1. The van der Waals surface area contributed by atoms with Crippen LogP contribution in [0.25, 0.3) is 0 Å². The molecule has 2 aromatic rings. The highest BCUT2D eigenvalue weighted by Gasteiger charge is 2.10. The monoisotopic (exact) mass is 301 g/mol. The van der Waals surface area contributed by atoms with Crippen LogP contribution in [0.4, 0.5) is 11.5 Å². The van der Waals surface area contributed by atoms with E-state index in [0.717, 1.165) is 16.8 Å². The number of nitrogens with zero attached hydrogens (tertiary/aromatic N) is 1. The molecule has 0 aliphatic rings. The third kappa shape index (κ3) is 4.44. The van der Waals surface area contributed by atoms with Crippen molar-refractivity contribution in [3.8, 4) is 0 Å². The van der Waals surface area contributed by atoms with Gasteiger partial charge in [0.2, 0.25) is 11.8 Å². The van der Waals surface area contributed by atoms with Crippen LogP contribution in [0, 0.1) is 20.8 Å². The van der Waals surface area contributed by atoms with Gasteiger partial charge in [-0.1, -0.05) is 17.3 Å². The van der Waals surface area contributed by atoms with Crippen LogP contribution in [-0.2, 0) is 9.59 Å². The maximum atomic E-state index is 11.9. The van der Waals surface area contributed by atoms with Gasteiger partial charge in [0, 0.05) is 24.6 Å². The minimum Gasteiger partial charge on any atom is -0.360 e. The maximum Gasteiger partial charge on any atom is 0.226 e. The van der Waals surface area contributed by atoms with Crippen molar-refractivity contribution < 1.29 is 14.1 Å². The first-order valence-electron chi connectivity index (χ1n) is 7.04. The molecule has 1 aromatic carbocycles. The fourth-order valence-electron chi connectivity index (χ4n) is 1.94. The summed E-state index contributed by atoms with van der Waals surface area (Å²) in [5.41, 5.74) is 2.83. The first kappa shape index (κ1) is 15.8. The molecule has 0 unspecified atom stereocenters. The van der Waals surface area contributed by atoms with E-state index in [1.807, 2.05) is 32.0 Å². The molecule has 6 heteroatoms. The number of hydrogen-bond donors (Lipinski definition) is 2. The zero-order chi connectivity index (χ0) is 16.1. The first-order valence-corrected chi connectivity index (χ1v) is 7.04. The highest BCUT2D eigenvalue weighted by molar-refractivity contribution is 5.96. The molecule has 0 atom stereocenters. The van der Waals surface area contributed by atoms with Crippen LogP contribution < -0.4 is 10.6 Å². The Morgan fingerprint density at radius 2 is 1.73 bits per heavy atom. The van der Waals surface area contributed by atoms with Crippen LogP contribution in [0.15, 0.2) is 28.8 Å². The van der Waals surface area contributed by atoms with Gasteiger partial charge >= 0.3 is 0 Å². The summed E-state index contributed by atoms with van der Waals surface area (Å²) in [7, 11) is 0. The molecule has 2 amide bonds. The highest BCUT2D eigenvalue weighted by atomic mass is 16.5. The van der Waals surface area contributed by atoms with E-state index in [9.17, 15) is 9.59 Å². The molecule has 2 N–H and O–H groups in total. The van der Waals surface area contributed by atoms with Gasteiger partial charge in [0.25, 0.3) is 0 Å². The molecule has 0 radical (unpaired) electrons. The van der Waals surface area contributed by atoms with Gasteiger partial charge in [-0.3, -0.25) is 9.59 Å². The van der Waals surface area contributed by atoms with Gasteiger partial charge < -0.3 is 15.2 Å². The molecule has 0 spiro atoms. The van der Waals surface area contributed by atoms with Crippen LogP contribution in [0.5, 0.6) is 0 Å². The van der Waals surface area contributed by atoms with E-state index in [-0.39, 0.29) is 24.7 Å². The fourth-order valence-corrected chi connectivity index (χ4v) is 1.94. The third-order valence-corrected chi connectivity index (χ3v) is 3.14. The molecule has 0 bridgehead atoms. The lowest BCUT2D eigenvalue weighted by molar-refractivity contribution is -0.121. The topological polar surface area (TPSA) is 84.2 Å². The molecule has 22 heavy (non-hydrogen) atoms. The van der Waals surface area contributed by atoms with Crippen molar-refractivity contribution in [1.29, 1.82) is 0 Å². The van der Waals surface area contributed by atoms with Crippen molar-refractivity contribution in [2.24, 2.45) is 0 Å². The number of nitrogens with one attached hydrogen (secondary N) is 2. The highest BCUT2D eigenvalue weighted by Crippen LogP contribution is 2.16. The third-order valence-electron chi connectivity index (χ3n) is 3.14. The van der Waals surface area contributed by atoms with Gasteiger partial charge in [-0.15, -0.1) is 0 Å². The van der Waals surface area contributed by atoms with Crippen molar-refractivity contribution in [2.45, 2.75) is 33.6 Å². The van der Waals surface area contributed by atoms with Gasteiger partial charge in [0.05, 0.1) is 0 Å². The summed E-state index contributed by atoms with van der Waals surface area (Å²) in [6, 6.07) is 7.46. The number of carbonyl (C=O) groups excluding carboxylic acids is 2. The Kier molecular flexibility index (Phi) is 4.93. The predicted octanol–water partition coefficient (Wildman–Crippen LogP) is 2.96. The molecule has 0 saturated carbocycles. The van der Waals surface area contributed by atoms with E-state index in [2.05, 4.69) is 15.8 Å². The van der Waals surface area contributed by atoms with Crippen LogP contribution in [0.3, 0.4) is 0 Å². The van der Waals surface area contributed by atoms with Crippen LogP contribution in [0.1, 0.15) is 29.7 Å². The Morgan fingerprint density at radius 3 is 2.36 bits per heavy atom. The van der Waals surface area contributed by atoms with Crippen molar-refractivity contribution >= 4 is 23.3 Å². The molecule has 116 valence electrons. The molecule has 1 heterocycles. The van der Waals surface area contributed by atoms with E-state index in [4.69, 9.17) is 4.52 Å². The summed E-state index contributed by atoms with van der Waals surface area (Å²) in [6.45, 7) is 5.62. The Bertz CT molecular complexity index is 692. The molecule has 0 fully saturated rings. The Balaban J connectivity index is 1.82. The molecule has 0 aliphatic carbocycles. The lowest BCUT2D eigenvalue weighted by Crippen LogP contribution is -2.17. The molecule has 6 nitrogen and oxygen atoms in total. The second-order valence-electron chi connectivity index (χ2n) is 5.24. The zero-order valence-electron chi connectivity index (χ0n) is 12.9. The smallest absolute Gasteiger partial charge is 0.226 e. The van der Waals surface area contributed by atoms with Gasteiger partial charge in [-0.25, -0.2) is 0 Å². The zero-order valence-corrected chi connectivity index (χ0v) is 12.9. The average molecular weight is 301 g/mol. The maximum absolute atomic E-state index is 11.9. The summed E-state index contributed by atoms with van der Waals surface area (Å²) < 4.78 is 4.85. The van der Waals surface area contributed by atoms with Crippen LogP contribution in [-0.4, -0.2) is 17.0 Å². The quantitative estimate of drug-likeness (QED) is 0.889. The van der Waals surface area contributed by atoms with Crippen molar-refractivity contribution in [2.75, 3.05) is 10.6 Å². The number of benzene rings is 1. The Morgan fingerprint density at radius 1 is 1.05 bits per heavy atom. The van der Waals surface area contributed by atoms with Crippen LogP contribution in [0.2, 0.25) is 0 Å². The lowest BCUT2D eigenvalue weighted by atomic mass is 10.1. The van der Waals surface area contributed by atoms with E-state index >= 15 is 0 Å². The molecule has 1 aromatic heterocycles. The fraction of sp³-hybridized carbons (Fsp3) is 0.312. The van der Waals surface area contributed by atoms with Crippen molar-refractivity contribution in [1.82, 2.24) is 5.16 Å². The van der Waals surface area contributed by atoms with Gasteiger partial charge in [-0.2, -0.15) is 0 Å². The summed E-state index contributed by atoms with van der Waals surface area (Å²) in [5, 5.41) is 9.06. The van der Waals surface area contributed by atoms with Crippen molar-refractivity contribution in [3.05, 3.63) is 41.2 Å². The van der Waals surface area contributed by atoms with Gasteiger partial charge in [0.15, 0.2) is 5.82 Å². The number of amides is 2. The number of aryl methyl sites for hydroxylation is 3. The number of aromatic nitrogens is 1. The number of carbonyl (C=O) groups is 2. The second-order valence-corrected chi connectivity index (χ2v) is 5.24. The molecule has 0 saturated heterocycles.